The highest BCUT2D eigenvalue weighted by Gasteiger charge is 2.19. The fraction of sp³-hybridized carbons (Fsp3) is 1.00. The van der Waals surface area contributed by atoms with E-state index >= 15 is 0 Å². The molecule has 0 aromatic carbocycles. The molecule has 0 bridgehead atoms. The number of aliphatic hydroxyl groups is 1. The van der Waals surface area contributed by atoms with Crippen LogP contribution in [0.4, 0.5) is 0 Å². The van der Waals surface area contributed by atoms with Crippen LogP contribution in [0.25, 0.3) is 0 Å². The van der Waals surface area contributed by atoms with Crippen LogP contribution in [-0.4, -0.2) is 10.8 Å². The Kier molecular flexibility index (Phi) is 15.7. The molecule has 1 atom stereocenters. The first-order chi connectivity index (χ1) is 10.6. The van der Waals surface area contributed by atoms with Crippen LogP contribution in [0.3, 0.4) is 0 Å². The summed E-state index contributed by atoms with van der Waals surface area (Å²) in [5.74, 6) is 0. The summed E-state index contributed by atoms with van der Waals surface area (Å²) in [5, 5.41) is 10.2. The monoisotopic (exact) mass is 313 g/mol. The topological polar surface area (TPSA) is 46.2 Å². The van der Waals surface area contributed by atoms with Gasteiger partial charge in [-0.25, -0.2) is 0 Å². The zero-order valence-corrected chi connectivity index (χ0v) is 15.5. The normalized spacial score (nSPS) is 14.2. The Hall–Kier alpha value is -0.0800. The quantitative estimate of drug-likeness (QED) is 0.244. The van der Waals surface area contributed by atoms with E-state index in [0.717, 1.165) is 25.7 Å². The molecule has 0 radical (unpaired) electrons. The Balaban J connectivity index is 3.32. The van der Waals surface area contributed by atoms with Crippen LogP contribution in [0.15, 0.2) is 0 Å². The van der Waals surface area contributed by atoms with E-state index in [4.69, 9.17) is 5.73 Å². The first-order valence-electron chi connectivity index (χ1n) is 10.1. The zero-order valence-electron chi connectivity index (χ0n) is 15.5. The van der Waals surface area contributed by atoms with Crippen molar-refractivity contribution in [1.82, 2.24) is 0 Å². The third-order valence-corrected chi connectivity index (χ3v) is 4.68. The van der Waals surface area contributed by atoms with Crippen LogP contribution in [0, 0.1) is 0 Å². The van der Waals surface area contributed by atoms with Gasteiger partial charge in [-0.1, -0.05) is 97.3 Å². The third-order valence-electron chi connectivity index (χ3n) is 4.68. The van der Waals surface area contributed by atoms with Gasteiger partial charge in [0.05, 0.1) is 0 Å². The van der Waals surface area contributed by atoms with Gasteiger partial charge in [0.15, 0.2) is 0 Å². The number of nitrogens with two attached hydrogens (primary N) is 1. The molecule has 3 N–H and O–H groups in total. The van der Waals surface area contributed by atoms with Gasteiger partial charge in [-0.3, -0.25) is 0 Å². The molecular formula is C20H43NO. The molecule has 0 aromatic rings. The van der Waals surface area contributed by atoms with E-state index < -0.39 is 5.72 Å². The molecular weight excluding hydrogens is 270 g/mol. The molecule has 0 saturated heterocycles. The highest BCUT2D eigenvalue weighted by molar-refractivity contribution is 4.70. The largest absolute Gasteiger partial charge is 0.376 e. The van der Waals surface area contributed by atoms with Crippen molar-refractivity contribution in [3.8, 4) is 0 Å². The fourth-order valence-corrected chi connectivity index (χ4v) is 3.08. The molecule has 134 valence electrons. The second kappa shape index (κ2) is 15.8. The number of hydrogen-bond donors (Lipinski definition) is 2. The molecule has 0 fully saturated rings. The van der Waals surface area contributed by atoms with Gasteiger partial charge in [0.2, 0.25) is 0 Å². The van der Waals surface area contributed by atoms with E-state index in [1.165, 1.54) is 83.5 Å². The van der Waals surface area contributed by atoms with Crippen molar-refractivity contribution in [2.75, 3.05) is 0 Å². The first kappa shape index (κ1) is 21.9. The van der Waals surface area contributed by atoms with E-state index in [9.17, 15) is 5.11 Å². The molecule has 0 heterocycles. The van der Waals surface area contributed by atoms with Gasteiger partial charge in [-0.05, 0) is 25.7 Å². The van der Waals surface area contributed by atoms with E-state index in [2.05, 4.69) is 13.8 Å². The van der Waals surface area contributed by atoms with Gasteiger partial charge in [-0.2, -0.15) is 0 Å². The van der Waals surface area contributed by atoms with Gasteiger partial charge in [0.1, 0.15) is 5.72 Å². The molecule has 0 aliphatic carbocycles. The van der Waals surface area contributed by atoms with Crippen LogP contribution < -0.4 is 5.73 Å². The number of hydrogen-bond acceptors (Lipinski definition) is 2. The van der Waals surface area contributed by atoms with Crippen molar-refractivity contribution in [3.05, 3.63) is 0 Å². The molecule has 22 heavy (non-hydrogen) atoms. The summed E-state index contributed by atoms with van der Waals surface area (Å²) in [7, 11) is 0. The van der Waals surface area contributed by atoms with Gasteiger partial charge in [-0.15, -0.1) is 0 Å². The van der Waals surface area contributed by atoms with Gasteiger partial charge in [0.25, 0.3) is 0 Å². The van der Waals surface area contributed by atoms with E-state index in [-0.39, 0.29) is 0 Å². The van der Waals surface area contributed by atoms with Crippen LogP contribution >= 0.6 is 0 Å². The summed E-state index contributed by atoms with van der Waals surface area (Å²) >= 11 is 0. The lowest BCUT2D eigenvalue weighted by molar-refractivity contribution is 0.0240. The molecule has 1 unspecified atom stereocenters. The van der Waals surface area contributed by atoms with Crippen molar-refractivity contribution < 1.29 is 5.11 Å². The zero-order chi connectivity index (χ0) is 16.5. The Morgan fingerprint density at radius 3 is 1.14 bits per heavy atom. The van der Waals surface area contributed by atoms with Crippen LogP contribution in [0.5, 0.6) is 0 Å². The summed E-state index contributed by atoms with van der Waals surface area (Å²) in [4.78, 5) is 0. The lowest BCUT2D eigenvalue weighted by atomic mass is 9.97. The maximum Gasteiger partial charge on any atom is 0.113 e. The summed E-state index contributed by atoms with van der Waals surface area (Å²) in [6.45, 7) is 4.50. The van der Waals surface area contributed by atoms with Crippen LogP contribution in [-0.2, 0) is 0 Å². The molecule has 0 spiro atoms. The van der Waals surface area contributed by atoms with E-state index in [0.29, 0.717) is 0 Å². The summed E-state index contributed by atoms with van der Waals surface area (Å²) in [6.07, 6.45) is 21.0. The Bertz CT molecular complexity index is 216. The molecule has 0 amide bonds. The lowest BCUT2D eigenvalue weighted by Gasteiger charge is -2.23. The Labute approximate surface area is 140 Å². The average Bonchev–Trinajstić information content (AvgIpc) is 2.49. The van der Waals surface area contributed by atoms with Crippen molar-refractivity contribution in [1.29, 1.82) is 0 Å². The Morgan fingerprint density at radius 2 is 0.818 bits per heavy atom. The van der Waals surface area contributed by atoms with Crippen molar-refractivity contribution >= 4 is 0 Å². The van der Waals surface area contributed by atoms with E-state index in [1.54, 1.807) is 0 Å². The van der Waals surface area contributed by atoms with Crippen molar-refractivity contribution in [2.45, 2.75) is 129 Å². The molecule has 0 saturated carbocycles. The average molecular weight is 314 g/mol. The van der Waals surface area contributed by atoms with Crippen LogP contribution in [0.1, 0.15) is 123 Å². The minimum atomic E-state index is -0.911. The molecule has 2 heteroatoms. The molecule has 0 aliphatic heterocycles. The van der Waals surface area contributed by atoms with Gasteiger partial charge in [0, 0.05) is 0 Å². The van der Waals surface area contributed by atoms with E-state index in [1.807, 2.05) is 0 Å². The summed E-state index contributed by atoms with van der Waals surface area (Å²) < 4.78 is 0. The minimum Gasteiger partial charge on any atom is -0.376 e. The van der Waals surface area contributed by atoms with Gasteiger partial charge < -0.3 is 10.8 Å². The molecule has 0 rings (SSSR count). The smallest absolute Gasteiger partial charge is 0.113 e. The van der Waals surface area contributed by atoms with Gasteiger partial charge >= 0.3 is 0 Å². The second-order valence-corrected chi connectivity index (χ2v) is 7.20. The summed E-state index contributed by atoms with van der Waals surface area (Å²) in [6, 6.07) is 0. The highest BCUT2D eigenvalue weighted by atomic mass is 16.3. The minimum absolute atomic E-state index is 0.774. The van der Waals surface area contributed by atoms with Crippen molar-refractivity contribution in [3.63, 3.8) is 0 Å². The molecule has 2 nitrogen and oxygen atoms in total. The predicted molar refractivity (Wildman–Crippen MR) is 99.0 cm³/mol. The second-order valence-electron chi connectivity index (χ2n) is 7.20. The Morgan fingerprint density at radius 1 is 0.545 bits per heavy atom. The molecule has 0 aromatic heterocycles. The summed E-state index contributed by atoms with van der Waals surface area (Å²) in [5.41, 5.74) is 5.10. The maximum atomic E-state index is 10.2. The first-order valence-corrected chi connectivity index (χ1v) is 10.1. The number of unbranched alkanes of at least 4 members (excludes halogenated alkanes) is 13. The van der Waals surface area contributed by atoms with Crippen molar-refractivity contribution in [2.24, 2.45) is 5.73 Å². The van der Waals surface area contributed by atoms with Crippen LogP contribution in [0.2, 0.25) is 0 Å². The standard InChI is InChI=1S/C20H43NO/c1-3-5-7-9-11-12-13-15-17-19-20(21,22)18-16-14-10-8-6-4-2/h22H,3-19,21H2,1-2H3. The predicted octanol–water partition coefficient (Wildman–Crippen LogP) is 6.31. The SMILES string of the molecule is CCCCCCCCCCCC(N)(O)CCCCCCCC. The molecule has 0 aliphatic rings. The highest BCUT2D eigenvalue weighted by Crippen LogP contribution is 2.19. The lowest BCUT2D eigenvalue weighted by Crippen LogP contribution is -2.39. The fourth-order valence-electron chi connectivity index (χ4n) is 3.08. The number of rotatable bonds is 17. The maximum absolute atomic E-state index is 10.2. The third kappa shape index (κ3) is 16.3.